The molecule has 6 nitrogen and oxygen atoms in total. The second-order valence-corrected chi connectivity index (χ2v) is 7.91. The number of nitrogens with zero attached hydrogens (tertiary/aromatic N) is 2. The van der Waals surface area contributed by atoms with Gasteiger partial charge in [0.1, 0.15) is 17.9 Å². The summed E-state index contributed by atoms with van der Waals surface area (Å²) in [4.78, 5) is 21.7. The van der Waals surface area contributed by atoms with Crippen molar-refractivity contribution in [3.63, 3.8) is 0 Å². The van der Waals surface area contributed by atoms with Crippen LogP contribution in [0.15, 0.2) is 28.9 Å². The van der Waals surface area contributed by atoms with Crippen molar-refractivity contribution in [2.75, 3.05) is 10.6 Å². The summed E-state index contributed by atoms with van der Waals surface area (Å²) < 4.78 is 5.76. The lowest BCUT2D eigenvalue weighted by Gasteiger charge is -2.13. The minimum Gasteiger partial charge on any atom is -0.442 e. The van der Waals surface area contributed by atoms with Gasteiger partial charge in [0.05, 0.1) is 10.9 Å². The minimum atomic E-state index is -0.192. The second kappa shape index (κ2) is 5.81. The van der Waals surface area contributed by atoms with Gasteiger partial charge in [-0.15, -0.1) is 0 Å². The molecule has 1 amide bonds. The lowest BCUT2D eigenvalue weighted by atomic mass is 10.1. The molecule has 2 aliphatic carbocycles. The Labute approximate surface area is 157 Å². The Kier molecular flexibility index (Phi) is 3.50. The first-order valence-corrected chi connectivity index (χ1v) is 9.48. The largest absolute Gasteiger partial charge is 0.442 e. The molecule has 138 valence electrons. The fourth-order valence-electron chi connectivity index (χ4n) is 3.85. The molecule has 5 rings (SSSR count). The van der Waals surface area contributed by atoms with Gasteiger partial charge in [-0.2, -0.15) is 0 Å². The van der Waals surface area contributed by atoms with Crippen molar-refractivity contribution in [2.24, 2.45) is 0 Å². The van der Waals surface area contributed by atoms with Gasteiger partial charge in [0, 0.05) is 11.2 Å². The number of hydrogen-bond donors (Lipinski definition) is 2. The summed E-state index contributed by atoms with van der Waals surface area (Å²) >= 11 is 0. The number of rotatable bonds is 4. The first-order valence-electron chi connectivity index (χ1n) is 9.48. The highest BCUT2D eigenvalue weighted by atomic mass is 16.3. The highest BCUT2D eigenvalue weighted by Crippen LogP contribution is 2.40. The van der Waals surface area contributed by atoms with E-state index < -0.39 is 0 Å². The summed E-state index contributed by atoms with van der Waals surface area (Å²) in [5.41, 5.74) is 4.51. The molecule has 2 heterocycles. The van der Waals surface area contributed by atoms with Crippen LogP contribution < -0.4 is 10.6 Å². The molecule has 0 spiro atoms. The molecule has 0 atom stereocenters. The van der Waals surface area contributed by atoms with Crippen LogP contribution in [0.1, 0.15) is 53.4 Å². The van der Waals surface area contributed by atoms with Crippen LogP contribution in [0, 0.1) is 6.92 Å². The maximum Gasteiger partial charge on any atom is 0.260 e. The van der Waals surface area contributed by atoms with Crippen molar-refractivity contribution in [1.82, 2.24) is 9.97 Å². The molecule has 2 aliphatic rings. The smallest absolute Gasteiger partial charge is 0.260 e. The van der Waals surface area contributed by atoms with Crippen LogP contribution in [0.4, 0.5) is 11.5 Å². The van der Waals surface area contributed by atoms with E-state index in [2.05, 4.69) is 39.7 Å². The van der Waals surface area contributed by atoms with Gasteiger partial charge in [-0.05, 0) is 69.2 Å². The van der Waals surface area contributed by atoms with E-state index in [1.807, 2.05) is 6.07 Å². The van der Waals surface area contributed by atoms with Crippen LogP contribution in [0.2, 0.25) is 0 Å². The molecule has 1 saturated carbocycles. The first kappa shape index (κ1) is 16.3. The normalized spacial score (nSPS) is 17.0. The van der Waals surface area contributed by atoms with Crippen molar-refractivity contribution >= 4 is 28.5 Å². The number of amides is 1. The van der Waals surface area contributed by atoms with Gasteiger partial charge in [0.15, 0.2) is 0 Å². The number of furan rings is 1. The van der Waals surface area contributed by atoms with Crippen molar-refractivity contribution in [3.8, 4) is 0 Å². The number of nitrogens with one attached hydrogen (secondary N) is 2. The summed E-state index contributed by atoms with van der Waals surface area (Å²) in [6.07, 6.45) is 7.04. The number of fused-ring (bicyclic) bond motifs is 2. The molecule has 27 heavy (non-hydrogen) atoms. The maximum atomic E-state index is 13.1. The SMILES string of the molecule is Cc1oc2ncnc(NC3(C)CC3)c2c1C(=O)Nc1ccc2c(c1)CCC2. The highest BCUT2D eigenvalue weighted by molar-refractivity contribution is 6.15. The van der Waals surface area contributed by atoms with Gasteiger partial charge in [-0.25, -0.2) is 9.97 Å². The molecular weight excluding hydrogens is 340 g/mol. The molecule has 6 heteroatoms. The Morgan fingerprint density at radius 3 is 2.81 bits per heavy atom. The van der Waals surface area contributed by atoms with Crippen LogP contribution in [0.3, 0.4) is 0 Å². The third kappa shape index (κ3) is 2.85. The average Bonchev–Trinajstić information content (AvgIpc) is 3.05. The fourth-order valence-corrected chi connectivity index (χ4v) is 3.85. The second-order valence-electron chi connectivity index (χ2n) is 7.91. The molecule has 0 unspecified atom stereocenters. The first-order chi connectivity index (χ1) is 13.0. The zero-order valence-electron chi connectivity index (χ0n) is 15.6. The molecule has 1 fully saturated rings. The lowest BCUT2D eigenvalue weighted by molar-refractivity contribution is 0.102. The molecule has 2 N–H and O–H groups in total. The Balaban J connectivity index is 1.51. The zero-order valence-corrected chi connectivity index (χ0v) is 15.6. The van der Waals surface area contributed by atoms with E-state index in [1.165, 1.54) is 23.9 Å². The van der Waals surface area contributed by atoms with Crippen molar-refractivity contribution in [2.45, 2.75) is 51.5 Å². The van der Waals surface area contributed by atoms with E-state index in [9.17, 15) is 4.79 Å². The summed E-state index contributed by atoms with van der Waals surface area (Å²) in [5.74, 6) is 1.02. The van der Waals surface area contributed by atoms with Crippen LogP contribution in [-0.4, -0.2) is 21.4 Å². The molecule has 0 saturated heterocycles. The summed E-state index contributed by atoms with van der Waals surface area (Å²) in [5, 5.41) is 7.14. The van der Waals surface area contributed by atoms with Crippen LogP contribution >= 0.6 is 0 Å². The molecular formula is C21H22N4O2. The highest BCUT2D eigenvalue weighted by Gasteiger charge is 2.38. The third-order valence-corrected chi connectivity index (χ3v) is 5.67. The van der Waals surface area contributed by atoms with E-state index >= 15 is 0 Å². The van der Waals surface area contributed by atoms with Crippen molar-refractivity contribution < 1.29 is 9.21 Å². The Morgan fingerprint density at radius 1 is 1.19 bits per heavy atom. The van der Waals surface area contributed by atoms with Gasteiger partial charge in [-0.1, -0.05) is 6.07 Å². The number of carbonyl (C=O) groups is 1. The van der Waals surface area contributed by atoms with Gasteiger partial charge < -0.3 is 15.1 Å². The molecule has 2 aromatic heterocycles. The molecule has 0 aliphatic heterocycles. The number of carbonyl (C=O) groups excluding carboxylic acids is 1. The monoisotopic (exact) mass is 362 g/mol. The van der Waals surface area contributed by atoms with Gasteiger partial charge in [-0.3, -0.25) is 4.79 Å². The van der Waals surface area contributed by atoms with Gasteiger partial charge in [0.2, 0.25) is 5.71 Å². The number of hydrogen-bond acceptors (Lipinski definition) is 5. The van der Waals surface area contributed by atoms with E-state index in [1.54, 1.807) is 6.92 Å². The zero-order chi connectivity index (χ0) is 18.6. The molecule has 1 aromatic carbocycles. The van der Waals surface area contributed by atoms with Crippen LogP contribution in [0.5, 0.6) is 0 Å². The number of anilines is 2. The number of benzene rings is 1. The summed E-state index contributed by atoms with van der Waals surface area (Å²) in [6, 6.07) is 6.17. The number of aryl methyl sites for hydroxylation is 3. The van der Waals surface area contributed by atoms with Crippen LogP contribution in [-0.2, 0) is 12.8 Å². The molecule has 3 aromatic rings. The van der Waals surface area contributed by atoms with Gasteiger partial charge in [0.25, 0.3) is 5.91 Å². The Hall–Kier alpha value is -2.89. The summed E-state index contributed by atoms with van der Waals surface area (Å²) in [7, 11) is 0. The topological polar surface area (TPSA) is 80.1 Å². The molecule has 0 radical (unpaired) electrons. The van der Waals surface area contributed by atoms with Crippen molar-refractivity contribution in [1.29, 1.82) is 0 Å². The van der Waals surface area contributed by atoms with E-state index in [4.69, 9.17) is 4.42 Å². The number of aromatic nitrogens is 2. The maximum absolute atomic E-state index is 13.1. The third-order valence-electron chi connectivity index (χ3n) is 5.67. The van der Waals surface area contributed by atoms with E-state index in [-0.39, 0.29) is 11.4 Å². The molecule has 0 bridgehead atoms. The predicted molar refractivity (Wildman–Crippen MR) is 104 cm³/mol. The van der Waals surface area contributed by atoms with Crippen LogP contribution in [0.25, 0.3) is 11.1 Å². The minimum absolute atomic E-state index is 0.0419. The van der Waals surface area contributed by atoms with E-state index in [0.717, 1.165) is 31.4 Å². The Bertz CT molecular complexity index is 1070. The summed E-state index contributed by atoms with van der Waals surface area (Å²) in [6.45, 7) is 3.94. The quantitative estimate of drug-likeness (QED) is 0.726. The average molecular weight is 362 g/mol. The van der Waals surface area contributed by atoms with Crippen molar-refractivity contribution in [3.05, 3.63) is 47.0 Å². The predicted octanol–water partition coefficient (Wildman–Crippen LogP) is 4.24. The lowest BCUT2D eigenvalue weighted by Crippen LogP contribution is -2.18. The Morgan fingerprint density at radius 2 is 2.00 bits per heavy atom. The van der Waals surface area contributed by atoms with E-state index in [0.29, 0.717) is 28.2 Å². The fraction of sp³-hybridized carbons (Fsp3) is 0.381. The standard InChI is InChI=1S/C21H22N4O2/c1-12-16(19(26)24-15-7-6-13-4-3-5-14(13)10-15)17-18(25-21(2)8-9-21)22-11-23-20(17)27-12/h6-7,10-11H,3-5,8-9H2,1-2H3,(H,24,26)(H,22,23,25). The van der Waals surface area contributed by atoms with Gasteiger partial charge >= 0.3 is 0 Å².